The molecule has 0 atom stereocenters. The zero-order valence-electron chi connectivity index (χ0n) is 11.5. The number of nitrogens with zero attached hydrogens (tertiary/aromatic N) is 2. The molecule has 0 aliphatic rings. The number of aromatic nitrogens is 2. The molecule has 110 valence electrons. The third-order valence-corrected chi connectivity index (χ3v) is 3.29. The summed E-state index contributed by atoms with van der Waals surface area (Å²) in [5.74, 6) is -1.56. The number of carboxylic acids is 1. The smallest absolute Gasteiger partial charge is 0.311 e. The summed E-state index contributed by atoms with van der Waals surface area (Å²) in [7, 11) is 0. The van der Waals surface area contributed by atoms with E-state index in [1.807, 2.05) is 6.92 Å². The van der Waals surface area contributed by atoms with E-state index in [9.17, 15) is 9.59 Å². The summed E-state index contributed by atoms with van der Waals surface area (Å²) in [6.45, 7) is 1.99. The lowest BCUT2D eigenvalue weighted by Gasteiger charge is -2.08. The van der Waals surface area contributed by atoms with Crippen LogP contribution in [0.2, 0.25) is 5.02 Å². The van der Waals surface area contributed by atoms with Crippen LogP contribution in [0.15, 0.2) is 30.5 Å². The molecule has 0 radical (unpaired) electrons. The molecule has 6 heteroatoms. The van der Waals surface area contributed by atoms with Gasteiger partial charge in [-0.15, -0.1) is 0 Å². The van der Waals surface area contributed by atoms with Gasteiger partial charge in [-0.3, -0.25) is 9.59 Å². The number of carbonyl (C=O) groups is 2. The Bertz CT molecular complexity index is 662. The highest BCUT2D eigenvalue weighted by Gasteiger charge is 2.19. The maximum atomic E-state index is 12.0. The first kappa shape index (κ1) is 15.3. The molecule has 0 amide bonds. The molecule has 0 spiro atoms. The van der Waals surface area contributed by atoms with Gasteiger partial charge in [0, 0.05) is 5.02 Å². The van der Waals surface area contributed by atoms with Crippen molar-refractivity contribution in [3.8, 4) is 5.69 Å². The minimum atomic E-state index is -1.14. The number of hydrogen-bond donors (Lipinski definition) is 1. The number of benzene rings is 1. The average molecular weight is 307 g/mol. The van der Waals surface area contributed by atoms with Crippen molar-refractivity contribution < 1.29 is 14.7 Å². The molecule has 0 bridgehead atoms. The van der Waals surface area contributed by atoms with Gasteiger partial charge in [0.1, 0.15) is 6.42 Å². The molecule has 1 aromatic carbocycles. The van der Waals surface area contributed by atoms with Gasteiger partial charge in [-0.2, -0.15) is 5.10 Å². The fourth-order valence-electron chi connectivity index (χ4n) is 2.12. The van der Waals surface area contributed by atoms with E-state index < -0.39 is 18.2 Å². The van der Waals surface area contributed by atoms with E-state index in [1.54, 1.807) is 28.9 Å². The normalized spacial score (nSPS) is 10.6. The van der Waals surface area contributed by atoms with E-state index in [4.69, 9.17) is 16.7 Å². The summed E-state index contributed by atoms with van der Waals surface area (Å²) in [6.07, 6.45) is 2.38. The van der Waals surface area contributed by atoms with Gasteiger partial charge in [0.25, 0.3) is 0 Å². The van der Waals surface area contributed by atoms with Crippen molar-refractivity contribution >= 4 is 23.4 Å². The largest absolute Gasteiger partial charge is 0.481 e. The van der Waals surface area contributed by atoms with Crippen molar-refractivity contribution in [2.24, 2.45) is 0 Å². The monoisotopic (exact) mass is 306 g/mol. The van der Waals surface area contributed by atoms with Crippen LogP contribution < -0.4 is 0 Å². The molecule has 0 aliphatic carbocycles. The van der Waals surface area contributed by atoms with Crippen molar-refractivity contribution in [3.05, 3.63) is 46.7 Å². The fourth-order valence-corrected chi connectivity index (χ4v) is 2.25. The van der Waals surface area contributed by atoms with Crippen molar-refractivity contribution in [1.29, 1.82) is 0 Å². The Morgan fingerprint density at radius 3 is 2.52 bits per heavy atom. The van der Waals surface area contributed by atoms with Gasteiger partial charge < -0.3 is 5.11 Å². The third-order valence-electron chi connectivity index (χ3n) is 3.04. The lowest BCUT2D eigenvalue weighted by molar-refractivity contribution is -0.135. The summed E-state index contributed by atoms with van der Waals surface area (Å²) in [6, 6.07) is 7.10. The second-order valence-electron chi connectivity index (χ2n) is 4.64. The standard InChI is InChI=1S/C15H15ClN2O3/c1-2-3-13-12(14(19)8-15(20)21)9-17-18(13)11-6-4-10(16)5-7-11/h4-7,9H,2-3,8H2,1H3,(H,20,21). The Morgan fingerprint density at radius 1 is 1.29 bits per heavy atom. The van der Waals surface area contributed by atoms with Gasteiger partial charge in [0.15, 0.2) is 5.78 Å². The van der Waals surface area contributed by atoms with Crippen LogP contribution in [0.5, 0.6) is 0 Å². The molecule has 2 aromatic rings. The van der Waals surface area contributed by atoms with E-state index in [0.29, 0.717) is 17.0 Å². The first-order chi connectivity index (χ1) is 10.0. The van der Waals surface area contributed by atoms with Crippen molar-refractivity contribution in [3.63, 3.8) is 0 Å². The predicted molar refractivity (Wildman–Crippen MR) is 79.2 cm³/mol. The highest BCUT2D eigenvalue weighted by Crippen LogP contribution is 2.20. The van der Waals surface area contributed by atoms with Crippen LogP contribution in [-0.2, 0) is 11.2 Å². The molecule has 0 saturated heterocycles. The van der Waals surface area contributed by atoms with Crippen LogP contribution in [0.3, 0.4) is 0 Å². The third kappa shape index (κ3) is 3.49. The number of carbonyl (C=O) groups excluding carboxylic acids is 1. The summed E-state index contributed by atoms with van der Waals surface area (Å²) in [4.78, 5) is 22.7. The van der Waals surface area contributed by atoms with Crippen LogP contribution >= 0.6 is 11.6 Å². The minimum absolute atomic E-state index is 0.370. The lowest BCUT2D eigenvalue weighted by Crippen LogP contribution is -2.10. The SMILES string of the molecule is CCCc1c(C(=O)CC(=O)O)cnn1-c1ccc(Cl)cc1. The molecular weight excluding hydrogens is 292 g/mol. The minimum Gasteiger partial charge on any atom is -0.481 e. The van der Waals surface area contributed by atoms with Gasteiger partial charge >= 0.3 is 5.97 Å². The Morgan fingerprint density at radius 2 is 1.95 bits per heavy atom. The molecular formula is C15H15ClN2O3. The van der Waals surface area contributed by atoms with E-state index in [1.165, 1.54) is 6.20 Å². The molecule has 1 aromatic heterocycles. The summed E-state index contributed by atoms with van der Waals surface area (Å²) in [5.41, 5.74) is 1.89. The van der Waals surface area contributed by atoms with Gasteiger partial charge in [-0.05, 0) is 30.7 Å². The first-order valence-electron chi connectivity index (χ1n) is 6.60. The van der Waals surface area contributed by atoms with Gasteiger partial charge in [-0.25, -0.2) is 4.68 Å². The highest BCUT2D eigenvalue weighted by molar-refractivity contribution is 6.30. The number of halogens is 1. The molecule has 5 nitrogen and oxygen atoms in total. The fraction of sp³-hybridized carbons (Fsp3) is 0.267. The number of aliphatic carboxylic acids is 1. The molecule has 2 rings (SSSR count). The highest BCUT2D eigenvalue weighted by atomic mass is 35.5. The maximum Gasteiger partial charge on any atom is 0.311 e. The molecule has 0 unspecified atom stereocenters. The number of rotatable bonds is 6. The van der Waals surface area contributed by atoms with Crippen LogP contribution in [0.1, 0.15) is 35.8 Å². The van der Waals surface area contributed by atoms with Crippen LogP contribution in [0, 0.1) is 0 Å². The van der Waals surface area contributed by atoms with E-state index in [-0.39, 0.29) is 0 Å². The maximum absolute atomic E-state index is 12.0. The zero-order chi connectivity index (χ0) is 15.4. The molecule has 1 N–H and O–H groups in total. The first-order valence-corrected chi connectivity index (χ1v) is 6.98. The number of Topliss-reactive ketones (excluding diaryl/α,β-unsaturated/α-hetero) is 1. The van der Waals surface area contributed by atoms with E-state index >= 15 is 0 Å². The van der Waals surface area contributed by atoms with Crippen LogP contribution in [0.25, 0.3) is 5.69 Å². The second-order valence-corrected chi connectivity index (χ2v) is 5.07. The van der Waals surface area contributed by atoms with Gasteiger partial charge in [0.05, 0.1) is 23.1 Å². The Hall–Kier alpha value is -2.14. The Balaban J connectivity index is 2.43. The average Bonchev–Trinajstić information content (AvgIpc) is 2.83. The lowest BCUT2D eigenvalue weighted by atomic mass is 10.1. The summed E-state index contributed by atoms with van der Waals surface area (Å²) in [5, 5.41) is 13.6. The number of carboxylic acid groups (broad SMARTS) is 1. The van der Waals surface area contributed by atoms with Crippen molar-refractivity contribution in [2.45, 2.75) is 26.2 Å². The van der Waals surface area contributed by atoms with Gasteiger partial charge in [0.2, 0.25) is 0 Å². The summed E-state index contributed by atoms with van der Waals surface area (Å²) < 4.78 is 1.66. The quantitative estimate of drug-likeness (QED) is 0.657. The Kier molecular flexibility index (Phi) is 4.75. The zero-order valence-corrected chi connectivity index (χ0v) is 12.3. The molecule has 0 saturated carbocycles. The molecule has 1 heterocycles. The molecule has 0 aliphatic heterocycles. The molecule has 21 heavy (non-hydrogen) atoms. The second kappa shape index (κ2) is 6.54. The van der Waals surface area contributed by atoms with Crippen LogP contribution in [-0.4, -0.2) is 26.6 Å². The van der Waals surface area contributed by atoms with Crippen molar-refractivity contribution in [2.75, 3.05) is 0 Å². The topological polar surface area (TPSA) is 72.2 Å². The Labute approximate surface area is 127 Å². The van der Waals surface area contributed by atoms with E-state index in [0.717, 1.165) is 17.8 Å². The summed E-state index contributed by atoms with van der Waals surface area (Å²) >= 11 is 5.86. The number of hydrogen-bond acceptors (Lipinski definition) is 3. The van der Waals surface area contributed by atoms with Gasteiger partial charge in [-0.1, -0.05) is 24.9 Å². The van der Waals surface area contributed by atoms with Crippen molar-refractivity contribution in [1.82, 2.24) is 9.78 Å². The number of ketones is 1. The van der Waals surface area contributed by atoms with E-state index in [2.05, 4.69) is 5.10 Å². The van der Waals surface area contributed by atoms with Crippen LogP contribution in [0.4, 0.5) is 0 Å². The predicted octanol–water partition coefficient (Wildman–Crippen LogP) is 3.14. The molecule has 0 fully saturated rings.